The Kier molecular flexibility index (Phi) is 3.36. The summed E-state index contributed by atoms with van der Waals surface area (Å²) in [6.45, 7) is 1.36. The molecule has 3 rings (SSSR count). The average molecular weight is 279 g/mol. The van der Waals surface area contributed by atoms with Gasteiger partial charge in [-0.2, -0.15) is 0 Å². The predicted octanol–water partition coefficient (Wildman–Crippen LogP) is 3.27. The summed E-state index contributed by atoms with van der Waals surface area (Å²) >= 11 is 0. The Morgan fingerprint density at radius 3 is 2.62 bits per heavy atom. The first-order valence-corrected chi connectivity index (χ1v) is 6.62. The lowest BCUT2D eigenvalue weighted by molar-refractivity contribution is -0.137. The lowest BCUT2D eigenvalue weighted by atomic mass is 10.1. The van der Waals surface area contributed by atoms with Crippen LogP contribution in [0.25, 0.3) is 21.8 Å². The molecular weight excluding hydrogens is 266 g/mol. The molecule has 0 saturated heterocycles. The molecule has 0 radical (unpaired) electrons. The van der Waals surface area contributed by atoms with Gasteiger partial charge in [0.2, 0.25) is 0 Å². The quantitative estimate of drug-likeness (QED) is 0.319. The third-order valence-corrected chi connectivity index (χ3v) is 3.14. The van der Waals surface area contributed by atoms with E-state index in [4.69, 9.17) is 4.74 Å². The Morgan fingerprint density at radius 1 is 1.05 bits per heavy atom. The number of carbonyl (C=O) groups excluding carboxylic acids is 2. The molecule has 0 bridgehead atoms. The zero-order valence-electron chi connectivity index (χ0n) is 11.5. The SMILES string of the molecule is CC(=O)CC(=O)Oc1cccc2nc3ccccc3cc12. The van der Waals surface area contributed by atoms with E-state index < -0.39 is 5.97 Å². The van der Waals surface area contributed by atoms with Crippen molar-refractivity contribution in [2.24, 2.45) is 0 Å². The molecule has 21 heavy (non-hydrogen) atoms. The summed E-state index contributed by atoms with van der Waals surface area (Å²) in [7, 11) is 0. The molecule has 1 aromatic heterocycles. The van der Waals surface area contributed by atoms with Gasteiger partial charge in [0.15, 0.2) is 0 Å². The van der Waals surface area contributed by atoms with Crippen LogP contribution in [-0.4, -0.2) is 16.7 Å². The summed E-state index contributed by atoms with van der Waals surface area (Å²) in [4.78, 5) is 27.2. The number of esters is 1. The van der Waals surface area contributed by atoms with E-state index in [1.807, 2.05) is 36.4 Å². The molecule has 1 heterocycles. The third-order valence-electron chi connectivity index (χ3n) is 3.14. The van der Waals surface area contributed by atoms with Gasteiger partial charge in [-0.25, -0.2) is 4.98 Å². The molecular formula is C17H13NO3. The topological polar surface area (TPSA) is 56.3 Å². The molecule has 0 atom stereocenters. The lowest BCUT2D eigenvalue weighted by Crippen LogP contribution is -2.12. The molecule has 4 nitrogen and oxygen atoms in total. The summed E-state index contributed by atoms with van der Waals surface area (Å²) in [6, 6.07) is 15.0. The van der Waals surface area contributed by atoms with Crippen LogP contribution in [-0.2, 0) is 9.59 Å². The second-order valence-corrected chi connectivity index (χ2v) is 4.86. The molecule has 0 unspecified atom stereocenters. The number of carbonyl (C=O) groups is 2. The molecule has 0 aliphatic rings. The molecule has 2 aromatic carbocycles. The van der Waals surface area contributed by atoms with Gasteiger partial charge in [0, 0.05) is 10.8 Å². The maximum atomic E-state index is 11.7. The number of fused-ring (bicyclic) bond motifs is 2. The van der Waals surface area contributed by atoms with Crippen molar-refractivity contribution in [2.45, 2.75) is 13.3 Å². The van der Waals surface area contributed by atoms with Gasteiger partial charge < -0.3 is 4.74 Å². The second-order valence-electron chi connectivity index (χ2n) is 4.86. The van der Waals surface area contributed by atoms with Crippen LogP contribution in [0.3, 0.4) is 0 Å². The van der Waals surface area contributed by atoms with Crippen molar-refractivity contribution in [3.63, 3.8) is 0 Å². The molecule has 0 saturated carbocycles. The number of para-hydroxylation sites is 1. The number of pyridine rings is 1. The Bertz CT molecular complexity index is 855. The van der Waals surface area contributed by atoms with Crippen LogP contribution in [0.4, 0.5) is 0 Å². The highest BCUT2D eigenvalue weighted by Gasteiger charge is 2.11. The van der Waals surface area contributed by atoms with E-state index in [1.165, 1.54) is 6.92 Å². The van der Waals surface area contributed by atoms with Crippen LogP contribution in [0, 0.1) is 0 Å². The summed E-state index contributed by atoms with van der Waals surface area (Å²) in [5, 5.41) is 1.73. The van der Waals surface area contributed by atoms with Gasteiger partial charge in [0.25, 0.3) is 0 Å². The van der Waals surface area contributed by atoms with Gasteiger partial charge in [0.05, 0.1) is 11.0 Å². The van der Waals surface area contributed by atoms with E-state index in [-0.39, 0.29) is 12.2 Å². The Balaban J connectivity index is 2.08. The molecule has 0 spiro atoms. The predicted molar refractivity (Wildman–Crippen MR) is 80.2 cm³/mol. The van der Waals surface area contributed by atoms with Gasteiger partial charge in [-0.1, -0.05) is 24.3 Å². The summed E-state index contributed by atoms with van der Waals surface area (Å²) in [6.07, 6.45) is -0.225. The zero-order chi connectivity index (χ0) is 14.8. The number of ether oxygens (including phenoxy) is 1. The van der Waals surface area contributed by atoms with Crippen molar-refractivity contribution in [1.82, 2.24) is 4.98 Å². The third kappa shape index (κ3) is 2.74. The number of hydrogen-bond acceptors (Lipinski definition) is 4. The van der Waals surface area contributed by atoms with Crippen LogP contribution in [0.1, 0.15) is 13.3 Å². The second kappa shape index (κ2) is 5.32. The number of ketones is 1. The summed E-state index contributed by atoms with van der Waals surface area (Å²) < 4.78 is 5.29. The average Bonchev–Trinajstić information content (AvgIpc) is 2.45. The molecule has 104 valence electrons. The van der Waals surface area contributed by atoms with Crippen LogP contribution in [0.2, 0.25) is 0 Å². The molecule has 0 amide bonds. The van der Waals surface area contributed by atoms with Crippen molar-refractivity contribution in [2.75, 3.05) is 0 Å². The summed E-state index contributed by atoms with van der Waals surface area (Å²) in [5.41, 5.74) is 1.64. The van der Waals surface area contributed by atoms with Gasteiger partial charge in [-0.3, -0.25) is 9.59 Å². The number of rotatable bonds is 3. The first kappa shape index (κ1) is 13.2. The van der Waals surface area contributed by atoms with E-state index in [2.05, 4.69) is 4.98 Å². The molecule has 4 heteroatoms. The minimum atomic E-state index is -0.553. The van der Waals surface area contributed by atoms with E-state index in [9.17, 15) is 9.59 Å². The lowest BCUT2D eigenvalue weighted by Gasteiger charge is -2.08. The van der Waals surface area contributed by atoms with Crippen molar-refractivity contribution in [3.05, 3.63) is 48.5 Å². The van der Waals surface area contributed by atoms with E-state index in [0.29, 0.717) is 5.75 Å². The summed E-state index contributed by atoms with van der Waals surface area (Å²) in [5.74, 6) is -0.344. The minimum Gasteiger partial charge on any atom is -0.425 e. The zero-order valence-corrected chi connectivity index (χ0v) is 11.5. The van der Waals surface area contributed by atoms with Gasteiger partial charge in [-0.15, -0.1) is 0 Å². The fourth-order valence-corrected chi connectivity index (χ4v) is 2.22. The molecule has 0 aliphatic carbocycles. The fraction of sp³-hybridized carbons (Fsp3) is 0.118. The van der Waals surface area contributed by atoms with E-state index in [0.717, 1.165) is 21.8 Å². The van der Waals surface area contributed by atoms with Crippen LogP contribution < -0.4 is 4.74 Å². The fourth-order valence-electron chi connectivity index (χ4n) is 2.22. The number of benzene rings is 2. The first-order chi connectivity index (χ1) is 10.1. The van der Waals surface area contributed by atoms with E-state index >= 15 is 0 Å². The molecule has 0 aliphatic heterocycles. The van der Waals surface area contributed by atoms with Crippen molar-refractivity contribution < 1.29 is 14.3 Å². The van der Waals surface area contributed by atoms with Crippen LogP contribution in [0.5, 0.6) is 5.75 Å². The minimum absolute atomic E-state index is 0.219. The first-order valence-electron chi connectivity index (χ1n) is 6.62. The van der Waals surface area contributed by atoms with Crippen LogP contribution >= 0.6 is 0 Å². The van der Waals surface area contributed by atoms with Crippen molar-refractivity contribution in [1.29, 1.82) is 0 Å². The van der Waals surface area contributed by atoms with Crippen LogP contribution in [0.15, 0.2) is 48.5 Å². The Morgan fingerprint density at radius 2 is 1.81 bits per heavy atom. The van der Waals surface area contributed by atoms with Crippen molar-refractivity contribution >= 4 is 33.6 Å². The smallest absolute Gasteiger partial charge is 0.318 e. The standard InChI is InChI=1S/C17H13NO3/c1-11(19)9-17(20)21-16-8-4-7-15-13(16)10-12-5-2-3-6-14(12)18-15/h2-8,10H,9H2,1H3. The molecule has 0 N–H and O–H groups in total. The highest BCUT2D eigenvalue weighted by Crippen LogP contribution is 2.28. The highest BCUT2D eigenvalue weighted by molar-refractivity contribution is 5.99. The Labute approximate surface area is 121 Å². The van der Waals surface area contributed by atoms with Crippen molar-refractivity contribution in [3.8, 4) is 5.75 Å². The number of Topliss-reactive ketones (excluding diaryl/α,β-unsaturated/α-hetero) is 1. The van der Waals surface area contributed by atoms with Gasteiger partial charge >= 0.3 is 5.97 Å². The Hall–Kier alpha value is -2.75. The number of nitrogens with zero attached hydrogens (tertiary/aromatic N) is 1. The monoisotopic (exact) mass is 279 g/mol. The molecule has 0 fully saturated rings. The largest absolute Gasteiger partial charge is 0.425 e. The van der Waals surface area contributed by atoms with E-state index in [1.54, 1.807) is 12.1 Å². The maximum absolute atomic E-state index is 11.7. The normalized spacial score (nSPS) is 10.7. The number of aromatic nitrogens is 1. The number of hydrogen-bond donors (Lipinski definition) is 0. The maximum Gasteiger partial charge on any atom is 0.318 e. The molecule has 3 aromatic rings. The van der Waals surface area contributed by atoms with Gasteiger partial charge in [-0.05, 0) is 31.2 Å². The highest BCUT2D eigenvalue weighted by atomic mass is 16.5. The van der Waals surface area contributed by atoms with Gasteiger partial charge in [0.1, 0.15) is 18.0 Å².